The maximum atomic E-state index is 12.7. The number of esters is 1. The number of nitrogens with one attached hydrogen (secondary N) is 1. The predicted molar refractivity (Wildman–Crippen MR) is 92.9 cm³/mol. The number of benzene rings is 2. The molecule has 0 saturated heterocycles. The number of methoxy groups -OCH3 is 3. The molecular formula is C17H19NO6S. The zero-order valence-electron chi connectivity index (χ0n) is 14.3. The molecule has 0 fully saturated rings. The molecule has 1 N–H and O–H groups in total. The van der Waals surface area contributed by atoms with Crippen molar-refractivity contribution in [2.75, 3.05) is 26.1 Å². The van der Waals surface area contributed by atoms with E-state index in [1.54, 1.807) is 25.1 Å². The number of aryl methyl sites for hydroxylation is 1. The minimum atomic E-state index is -3.91. The summed E-state index contributed by atoms with van der Waals surface area (Å²) in [7, 11) is 0.275. The van der Waals surface area contributed by atoms with E-state index in [4.69, 9.17) is 9.47 Å². The Morgan fingerprint density at radius 3 is 2.24 bits per heavy atom. The van der Waals surface area contributed by atoms with E-state index < -0.39 is 16.0 Å². The number of anilines is 1. The van der Waals surface area contributed by atoms with Crippen molar-refractivity contribution >= 4 is 21.7 Å². The van der Waals surface area contributed by atoms with E-state index in [0.717, 1.165) is 0 Å². The fourth-order valence-corrected chi connectivity index (χ4v) is 3.57. The highest BCUT2D eigenvalue weighted by atomic mass is 32.2. The van der Waals surface area contributed by atoms with E-state index in [0.29, 0.717) is 22.7 Å². The molecule has 7 nitrogen and oxygen atoms in total. The summed E-state index contributed by atoms with van der Waals surface area (Å²) < 4.78 is 42.8. The largest absolute Gasteiger partial charge is 0.493 e. The number of carbonyl (C=O) groups excluding carboxylic acids is 1. The van der Waals surface area contributed by atoms with Crippen molar-refractivity contribution < 1.29 is 27.4 Å². The second kappa shape index (κ2) is 7.43. The van der Waals surface area contributed by atoms with Gasteiger partial charge in [0, 0.05) is 6.07 Å². The van der Waals surface area contributed by atoms with Gasteiger partial charge in [-0.1, -0.05) is 6.07 Å². The Kier molecular flexibility index (Phi) is 5.53. The van der Waals surface area contributed by atoms with Crippen molar-refractivity contribution in [2.24, 2.45) is 0 Å². The summed E-state index contributed by atoms with van der Waals surface area (Å²) in [5, 5.41) is 0. The Morgan fingerprint density at radius 1 is 0.960 bits per heavy atom. The van der Waals surface area contributed by atoms with E-state index in [9.17, 15) is 13.2 Å². The van der Waals surface area contributed by atoms with Gasteiger partial charge in [0.15, 0.2) is 11.5 Å². The second-order valence-electron chi connectivity index (χ2n) is 5.15. The molecule has 0 atom stereocenters. The lowest BCUT2D eigenvalue weighted by molar-refractivity contribution is 0.0600. The van der Waals surface area contributed by atoms with E-state index in [-0.39, 0.29) is 10.5 Å². The van der Waals surface area contributed by atoms with Crippen LogP contribution in [0.3, 0.4) is 0 Å². The van der Waals surface area contributed by atoms with Crippen LogP contribution in [-0.4, -0.2) is 35.7 Å². The number of carbonyl (C=O) groups is 1. The van der Waals surface area contributed by atoms with Crippen LogP contribution in [0.25, 0.3) is 0 Å². The average molecular weight is 365 g/mol. The van der Waals surface area contributed by atoms with E-state index in [1.807, 2.05) is 0 Å². The molecule has 2 aromatic carbocycles. The van der Waals surface area contributed by atoms with Crippen molar-refractivity contribution in [3.63, 3.8) is 0 Å². The normalized spacial score (nSPS) is 10.9. The van der Waals surface area contributed by atoms with E-state index in [2.05, 4.69) is 9.46 Å². The van der Waals surface area contributed by atoms with Crippen molar-refractivity contribution in [1.29, 1.82) is 0 Å². The monoisotopic (exact) mass is 365 g/mol. The van der Waals surface area contributed by atoms with Gasteiger partial charge in [-0.3, -0.25) is 4.72 Å². The molecule has 0 aliphatic carbocycles. The molecule has 134 valence electrons. The maximum Gasteiger partial charge on any atom is 0.337 e. The van der Waals surface area contributed by atoms with Crippen molar-refractivity contribution in [3.05, 3.63) is 47.5 Å². The van der Waals surface area contributed by atoms with Gasteiger partial charge in [0.05, 0.1) is 37.5 Å². The van der Waals surface area contributed by atoms with Gasteiger partial charge in [-0.05, 0) is 36.8 Å². The lowest BCUT2D eigenvalue weighted by Gasteiger charge is -2.13. The first-order valence-electron chi connectivity index (χ1n) is 7.26. The number of hydrogen-bond acceptors (Lipinski definition) is 6. The molecule has 0 saturated carbocycles. The first-order valence-corrected chi connectivity index (χ1v) is 8.74. The Hall–Kier alpha value is -2.74. The average Bonchev–Trinajstić information content (AvgIpc) is 2.60. The zero-order valence-corrected chi connectivity index (χ0v) is 15.1. The highest BCUT2D eigenvalue weighted by molar-refractivity contribution is 7.92. The van der Waals surface area contributed by atoms with Crippen molar-refractivity contribution in [3.8, 4) is 11.5 Å². The molecule has 0 aliphatic heterocycles. The molecule has 0 bridgehead atoms. The van der Waals surface area contributed by atoms with Gasteiger partial charge in [0.25, 0.3) is 10.0 Å². The summed E-state index contributed by atoms with van der Waals surface area (Å²) in [6, 6.07) is 9.00. The summed E-state index contributed by atoms with van der Waals surface area (Å²) in [5.74, 6) is 0.264. The lowest BCUT2D eigenvalue weighted by Crippen LogP contribution is -2.15. The summed E-state index contributed by atoms with van der Waals surface area (Å²) in [4.78, 5) is 11.6. The molecule has 2 aromatic rings. The second-order valence-corrected chi connectivity index (χ2v) is 6.80. The summed E-state index contributed by atoms with van der Waals surface area (Å²) in [5.41, 5.74) is 0.960. The molecule has 0 aromatic heterocycles. The van der Waals surface area contributed by atoms with E-state index in [1.165, 1.54) is 39.5 Å². The van der Waals surface area contributed by atoms with Crippen LogP contribution in [0, 0.1) is 6.92 Å². The first-order chi connectivity index (χ1) is 11.8. The Morgan fingerprint density at radius 2 is 1.64 bits per heavy atom. The smallest absolute Gasteiger partial charge is 0.337 e. The predicted octanol–water partition coefficient (Wildman–Crippen LogP) is 2.60. The third kappa shape index (κ3) is 4.03. The van der Waals surface area contributed by atoms with Crippen LogP contribution < -0.4 is 14.2 Å². The van der Waals surface area contributed by atoms with Crippen LogP contribution >= 0.6 is 0 Å². The first kappa shape index (κ1) is 18.6. The third-order valence-corrected chi connectivity index (χ3v) is 5.06. The molecule has 2 rings (SSSR count). The van der Waals surface area contributed by atoms with Gasteiger partial charge in [-0.15, -0.1) is 0 Å². The standard InChI is InChI=1S/C17H19NO6S/c1-11-5-6-12(17(19)24-4)9-16(11)25(20,21)18-13-7-8-14(22-2)15(10-13)23-3/h5-10,18H,1-4H3. The highest BCUT2D eigenvalue weighted by Gasteiger charge is 2.20. The molecule has 0 heterocycles. The van der Waals surface area contributed by atoms with E-state index >= 15 is 0 Å². The molecule has 0 unspecified atom stereocenters. The zero-order chi connectivity index (χ0) is 18.6. The third-order valence-electron chi connectivity index (χ3n) is 3.53. The molecule has 0 radical (unpaired) electrons. The van der Waals surface area contributed by atoms with Gasteiger partial charge in [0.2, 0.25) is 0 Å². The number of hydrogen-bond donors (Lipinski definition) is 1. The van der Waals surface area contributed by atoms with Gasteiger partial charge in [0.1, 0.15) is 0 Å². The summed E-state index contributed by atoms with van der Waals surface area (Å²) in [6.45, 7) is 1.64. The molecule has 25 heavy (non-hydrogen) atoms. The molecule has 8 heteroatoms. The van der Waals surface area contributed by atoms with Crippen molar-refractivity contribution in [1.82, 2.24) is 0 Å². The Labute approximate surface area is 146 Å². The minimum absolute atomic E-state index is 0.00909. The summed E-state index contributed by atoms with van der Waals surface area (Å²) >= 11 is 0. The van der Waals surface area contributed by atoms with Crippen LogP contribution in [-0.2, 0) is 14.8 Å². The SMILES string of the molecule is COC(=O)c1ccc(C)c(S(=O)(=O)Nc2ccc(OC)c(OC)c2)c1. The van der Waals surface area contributed by atoms with Crippen LogP contribution in [0.15, 0.2) is 41.3 Å². The van der Waals surface area contributed by atoms with Crippen LogP contribution in [0.4, 0.5) is 5.69 Å². The number of rotatable bonds is 6. The van der Waals surface area contributed by atoms with Crippen LogP contribution in [0.5, 0.6) is 11.5 Å². The fraction of sp³-hybridized carbons (Fsp3) is 0.235. The Bertz CT molecular complexity index is 892. The molecule has 0 aliphatic rings. The number of sulfonamides is 1. The molecule has 0 spiro atoms. The minimum Gasteiger partial charge on any atom is -0.493 e. The van der Waals surface area contributed by atoms with Gasteiger partial charge in [-0.2, -0.15) is 0 Å². The summed E-state index contributed by atoms with van der Waals surface area (Å²) in [6.07, 6.45) is 0. The topological polar surface area (TPSA) is 90.9 Å². The number of ether oxygens (including phenoxy) is 3. The van der Waals surface area contributed by atoms with Gasteiger partial charge in [-0.25, -0.2) is 13.2 Å². The fourth-order valence-electron chi connectivity index (χ4n) is 2.24. The quantitative estimate of drug-likeness (QED) is 0.791. The Balaban J connectivity index is 2.41. The van der Waals surface area contributed by atoms with Crippen LogP contribution in [0.1, 0.15) is 15.9 Å². The van der Waals surface area contributed by atoms with Crippen LogP contribution in [0.2, 0.25) is 0 Å². The maximum absolute atomic E-state index is 12.7. The highest BCUT2D eigenvalue weighted by Crippen LogP contribution is 2.31. The molecule has 0 amide bonds. The van der Waals surface area contributed by atoms with Crippen molar-refractivity contribution in [2.45, 2.75) is 11.8 Å². The van der Waals surface area contributed by atoms with Gasteiger partial charge < -0.3 is 14.2 Å². The van der Waals surface area contributed by atoms with Gasteiger partial charge >= 0.3 is 5.97 Å². The molecular weight excluding hydrogens is 346 g/mol. The lowest BCUT2D eigenvalue weighted by atomic mass is 10.1.